The summed E-state index contributed by atoms with van der Waals surface area (Å²) in [4.78, 5) is 0.881. The van der Waals surface area contributed by atoms with Crippen LogP contribution in [0, 0.1) is 0 Å². The van der Waals surface area contributed by atoms with Crippen LogP contribution in [0.3, 0.4) is 0 Å². The van der Waals surface area contributed by atoms with Crippen LogP contribution < -0.4 is 0 Å². The number of hydrogen-bond donors (Lipinski definition) is 0. The Hall–Kier alpha value is -0.0808. The van der Waals surface area contributed by atoms with Crippen LogP contribution in [0.15, 0.2) is 43.7 Å². The zero-order valence-corrected chi connectivity index (χ0v) is 16.4. The Balaban J connectivity index is 1.93. The van der Waals surface area contributed by atoms with Crippen LogP contribution in [0.2, 0.25) is 0 Å². The number of rotatable bonds is 3. The molecule has 106 valence electrons. The van der Waals surface area contributed by atoms with E-state index in [1.807, 2.05) is 24.3 Å². The Morgan fingerprint density at radius 3 is 1.35 bits per heavy atom. The first kappa shape index (κ1) is 16.3. The zero-order chi connectivity index (χ0) is 14.5. The Bertz CT molecular complexity index is 724. The molecule has 0 aromatic carbocycles. The van der Waals surface area contributed by atoms with E-state index in [1.165, 1.54) is 7.24 Å². The van der Waals surface area contributed by atoms with E-state index >= 15 is 0 Å². The molecule has 0 heterocycles. The van der Waals surface area contributed by atoms with Gasteiger partial charge in [0.25, 0.3) is 0 Å². The van der Waals surface area contributed by atoms with Crippen LogP contribution in [-0.2, 0) is 20.6 Å². The van der Waals surface area contributed by atoms with E-state index in [-0.39, 0.29) is 34.1 Å². The summed E-state index contributed by atoms with van der Waals surface area (Å²) in [5.41, 5.74) is 0. The molecule has 0 fully saturated rings. The van der Waals surface area contributed by atoms with Crippen LogP contribution in [0.4, 0.5) is 0 Å². The summed E-state index contributed by atoms with van der Waals surface area (Å²) in [5, 5.41) is 0. The van der Waals surface area contributed by atoms with Crippen LogP contribution in [0.1, 0.15) is 12.8 Å². The van der Waals surface area contributed by atoms with Crippen LogP contribution in [0.5, 0.6) is 0 Å². The van der Waals surface area contributed by atoms with Crippen molar-refractivity contribution >= 4 is 64.4 Å². The van der Waals surface area contributed by atoms with Crippen molar-refractivity contribution in [3.63, 3.8) is 0 Å². The Morgan fingerprint density at radius 2 is 1.10 bits per heavy atom. The van der Waals surface area contributed by atoms with Gasteiger partial charge in [-0.3, -0.25) is 0 Å². The van der Waals surface area contributed by atoms with Crippen molar-refractivity contribution in [1.29, 1.82) is 0 Å². The monoisotopic (exact) mass is 542 g/mol. The predicted octanol–water partition coefficient (Wildman–Crippen LogP) is 0.100. The molecule has 2 aliphatic carbocycles. The second-order valence-corrected chi connectivity index (χ2v) is 15.9. The van der Waals surface area contributed by atoms with Gasteiger partial charge in [0, 0.05) is 0 Å². The molecule has 4 nitrogen and oxygen atoms in total. The van der Waals surface area contributed by atoms with Gasteiger partial charge in [-0.25, -0.2) is 0 Å². The summed E-state index contributed by atoms with van der Waals surface area (Å²) in [5.74, 6) is 0. The third-order valence-corrected chi connectivity index (χ3v) is 16.0. The summed E-state index contributed by atoms with van der Waals surface area (Å²) in [6, 6.07) is 0. The molecule has 0 N–H and O–H groups in total. The quantitative estimate of drug-likeness (QED) is 0.379. The fourth-order valence-electron chi connectivity index (χ4n) is 1.49. The maximum atomic E-state index is 10.8. The summed E-state index contributed by atoms with van der Waals surface area (Å²) >= 11 is -0.544. The van der Waals surface area contributed by atoms with E-state index in [9.17, 15) is 16.8 Å². The first-order chi connectivity index (χ1) is 9.56. The second-order valence-electron chi connectivity index (χ2n) is 3.86. The first-order valence-corrected chi connectivity index (χ1v) is 17.4. The Kier molecular flexibility index (Phi) is 6.35. The number of hydrogen-bond acceptors (Lipinski definition) is 4. The fraction of sp³-hybridized carbons (Fsp3) is 0.167. The SMILES string of the molecule is O=S(=O)=C1C=CC([Te][Te]C2=CCC(=S(=O)=O)C=C2)=CC1. The van der Waals surface area contributed by atoms with Crippen LogP contribution >= 0.6 is 0 Å². The second kappa shape index (κ2) is 7.79. The van der Waals surface area contributed by atoms with Gasteiger partial charge >= 0.3 is 138 Å². The predicted molar refractivity (Wildman–Crippen MR) is 83.0 cm³/mol. The molecule has 0 saturated carbocycles. The van der Waals surface area contributed by atoms with E-state index in [2.05, 4.69) is 0 Å². The van der Waals surface area contributed by atoms with Crippen molar-refractivity contribution in [3.05, 3.63) is 43.7 Å². The molecule has 0 unspecified atom stereocenters. The first-order valence-electron chi connectivity index (χ1n) is 5.57. The maximum absolute atomic E-state index is 10.8. The molecular formula is C12H10O4S2Te2. The third kappa shape index (κ3) is 4.73. The van der Waals surface area contributed by atoms with Crippen molar-refractivity contribution in [3.8, 4) is 0 Å². The van der Waals surface area contributed by atoms with E-state index in [4.69, 9.17) is 0 Å². The summed E-state index contributed by atoms with van der Waals surface area (Å²) in [7, 11) is -4.21. The van der Waals surface area contributed by atoms with Crippen molar-refractivity contribution in [2.45, 2.75) is 12.8 Å². The zero-order valence-electron chi connectivity index (χ0n) is 10.1. The van der Waals surface area contributed by atoms with Crippen molar-refractivity contribution in [2.24, 2.45) is 0 Å². The number of allylic oxidation sites excluding steroid dienone is 8. The van der Waals surface area contributed by atoms with Gasteiger partial charge in [0.1, 0.15) is 0 Å². The molecule has 2 rings (SSSR count). The normalized spacial score (nSPS) is 17.8. The molecule has 0 spiro atoms. The molecule has 0 saturated heterocycles. The molecule has 0 atom stereocenters. The van der Waals surface area contributed by atoms with E-state index in [0.717, 1.165) is 0 Å². The van der Waals surface area contributed by atoms with Crippen molar-refractivity contribution < 1.29 is 16.8 Å². The molecule has 0 radical (unpaired) electrons. The van der Waals surface area contributed by atoms with Crippen LogP contribution in [-0.4, -0.2) is 60.7 Å². The van der Waals surface area contributed by atoms with E-state index < -0.39 is 20.6 Å². The standard InChI is InChI=1S/C12H10O4S2Te2/c13-17(14)9-1-5-11(6-2-9)19-20-12-7-3-10(4-8-12)18(15)16/h1,3,5-8H,2,4H2. The van der Waals surface area contributed by atoms with E-state index in [1.54, 1.807) is 12.2 Å². The summed E-state index contributed by atoms with van der Waals surface area (Å²) < 4.78 is 45.7. The molecule has 0 aromatic rings. The molecule has 0 aromatic heterocycles. The molecule has 8 heteroatoms. The average molecular weight is 538 g/mol. The molecular weight excluding hydrogens is 527 g/mol. The van der Waals surface area contributed by atoms with Crippen molar-refractivity contribution in [1.82, 2.24) is 0 Å². The van der Waals surface area contributed by atoms with Gasteiger partial charge in [-0.15, -0.1) is 0 Å². The molecule has 0 amide bonds. The van der Waals surface area contributed by atoms with Gasteiger partial charge in [-0.05, 0) is 0 Å². The van der Waals surface area contributed by atoms with Gasteiger partial charge in [0.2, 0.25) is 0 Å². The Labute approximate surface area is 136 Å². The third-order valence-electron chi connectivity index (χ3n) is 2.54. The van der Waals surface area contributed by atoms with E-state index in [0.29, 0.717) is 22.6 Å². The summed E-state index contributed by atoms with van der Waals surface area (Å²) in [6.45, 7) is 0. The average Bonchev–Trinajstić information content (AvgIpc) is 2.46. The molecule has 20 heavy (non-hydrogen) atoms. The van der Waals surface area contributed by atoms with Gasteiger partial charge in [-0.2, -0.15) is 0 Å². The topological polar surface area (TPSA) is 68.3 Å². The summed E-state index contributed by atoms with van der Waals surface area (Å²) in [6.07, 6.45) is 12.2. The molecule has 0 aliphatic heterocycles. The molecule has 2 aliphatic rings. The fourth-order valence-corrected chi connectivity index (χ4v) is 12.8. The minimum absolute atomic E-state index is 0.272. The van der Waals surface area contributed by atoms with Gasteiger partial charge < -0.3 is 0 Å². The van der Waals surface area contributed by atoms with Gasteiger partial charge in [-0.1, -0.05) is 0 Å². The van der Waals surface area contributed by atoms with Crippen molar-refractivity contribution in [2.75, 3.05) is 0 Å². The van der Waals surface area contributed by atoms with Gasteiger partial charge in [0.15, 0.2) is 0 Å². The Morgan fingerprint density at radius 1 is 0.700 bits per heavy atom. The minimum atomic E-state index is -2.11. The molecule has 0 bridgehead atoms. The van der Waals surface area contributed by atoms with Crippen LogP contribution in [0.25, 0.3) is 0 Å². The van der Waals surface area contributed by atoms with Gasteiger partial charge in [0.05, 0.1) is 0 Å².